The Morgan fingerprint density at radius 1 is 1.53 bits per heavy atom. The summed E-state index contributed by atoms with van der Waals surface area (Å²) in [5.41, 5.74) is 5.43. The molecule has 1 rings (SSSR count). The van der Waals surface area contributed by atoms with E-state index in [1.807, 2.05) is 13.8 Å². The molecule has 1 heterocycles. The quantitative estimate of drug-likeness (QED) is 0.685. The highest BCUT2D eigenvalue weighted by atomic mass is 16.2. The predicted octanol–water partition coefficient (Wildman–Crippen LogP) is 0.182. The molecule has 88 valence electrons. The van der Waals surface area contributed by atoms with Crippen molar-refractivity contribution in [3.8, 4) is 0 Å². The lowest BCUT2D eigenvalue weighted by atomic mass is 10.00. The van der Waals surface area contributed by atoms with Crippen LogP contribution in [0.5, 0.6) is 0 Å². The third-order valence-corrected chi connectivity index (χ3v) is 3.10. The Morgan fingerprint density at radius 2 is 2.13 bits per heavy atom. The fraction of sp³-hybridized carbons (Fsp3) is 0.909. The zero-order valence-corrected chi connectivity index (χ0v) is 10.0. The van der Waals surface area contributed by atoms with Crippen LogP contribution in [0.4, 0.5) is 0 Å². The summed E-state index contributed by atoms with van der Waals surface area (Å²) < 4.78 is 0. The van der Waals surface area contributed by atoms with E-state index in [-0.39, 0.29) is 11.4 Å². The number of amides is 1. The molecule has 0 aliphatic carbocycles. The summed E-state index contributed by atoms with van der Waals surface area (Å²) in [7, 11) is 0. The Morgan fingerprint density at radius 3 is 2.60 bits per heavy atom. The van der Waals surface area contributed by atoms with Crippen LogP contribution in [-0.4, -0.2) is 42.5 Å². The van der Waals surface area contributed by atoms with Gasteiger partial charge in [0.15, 0.2) is 0 Å². The van der Waals surface area contributed by atoms with Crippen LogP contribution in [0.3, 0.4) is 0 Å². The molecule has 0 atom stereocenters. The molecule has 1 aliphatic rings. The van der Waals surface area contributed by atoms with Crippen LogP contribution in [0.15, 0.2) is 0 Å². The number of hydrogen-bond acceptors (Lipinski definition) is 3. The van der Waals surface area contributed by atoms with Gasteiger partial charge in [-0.15, -0.1) is 0 Å². The van der Waals surface area contributed by atoms with E-state index >= 15 is 0 Å². The molecule has 0 aromatic rings. The van der Waals surface area contributed by atoms with Crippen LogP contribution in [0, 0.1) is 5.92 Å². The van der Waals surface area contributed by atoms with E-state index in [0.717, 1.165) is 26.1 Å². The largest absolute Gasteiger partial charge is 0.350 e. The zero-order chi connectivity index (χ0) is 11.5. The van der Waals surface area contributed by atoms with Crippen molar-refractivity contribution in [2.75, 3.05) is 26.2 Å². The molecule has 0 unspecified atom stereocenters. The lowest BCUT2D eigenvalue weighted by Gasteiger charge is -2.38. The molecular formula is C11H23N3O. The van der Waals surface area contributed by atoms with Gasteiger partial charge in [0.2, 0.25) is 5.91 Å². The summed E-state index contributed by atoms with van der Waals surface area (Å²) in [5.74, 6) is 0.717. The van der Waals surface area contributed by atoms with Gasteiger partial charge in [-0.2, -0.15) is 0 Å². The number of rotatable bonds is 5. The Kier molecular flexibility index (Phi) is 4.11. The molecule has 1 aliphatic heterocycles. The van der Waals surface area contributed by atoms with E-state index in [0.29, 0.717) is 12.5 Å². The van der Waals surface area contributed by atoms with Gasteiger partial charge in [-0.1, -0.05) is 6.92 Å². The lowest BCUT2D eigenvalue weighted by Crippen LogP contribution is -2.55. The first-order valence-corrected chi connectivity index (χ1v) is 5.70. The molecule has 1 saturated heterocycles. The Balaban J connectivity index is 2.20. The third-order valence-electron chi connectivity index (χ3n) is 3.10. The van der Waals surface area contributed by atoms with Crippen molar-refractivity contribution in [2.45, 2.75) is 32.7 Å². The number of carbonyl (C=O) groups excluding carboxylic acids is 1. The van der Waals surface area contributed by atoms with Gasteiger partial charge in [0.25, 0.3) is 0 Å². The van der Waals surface area contributed by atoms with Gasteiger partial charge in [-0.3, -0.25) is 9.69 Å². The van der Waals surface area contributed by atoms with Gasteiger partial charge in [-0.25, -0.2) is 0 Å². The van der Waals surface area contributed by atoms with E-state index in [2.05, 4.69) is 17.1 Å². The van der Waals surface area contributed by atoms with Crippen LogP contribution in [0.25, 0.3) is 0 Å². The van der Waals surface area contributed by atoms with Gasteiger partial charge < -0.3 is 11.1 Å². The number of nitrogens with zero attached hydrogens (tertiary/aromatic N) is 1. The number of hydrogen-bond donors (Lipinski definition) is 2. The first-order chi connectivity index (χ1) is 6.96. The maximum Gasteiger partial charge on any atom is 0.234 e. The van der Waals surface area contributed by atoms with Gasteiger partial charge in [0, 0.05) is 18.6 Å². The molecule has 3 N–H and O–H groups in total. The minimum Gasteiger partial charge on any atom is -0.350 e. The molecule has 0 radical (unpaired) electrons. The summed E-state index contributed by atoms with van der Waals surface area (Å²) in [5, 5.41) is 3.03. The monoisotopic (exact) mass is 213 g/mol. The minimum atomic E-state index is -0.0881. The van der Waals surface area contributed by atoms with E-state index in [4.69, 9.17) is 5.73 Å². The highest BCUT2D eigenvalue weighted by Gasteiger charge is 2.28. The van der Waals surface area contributed by atoms with E-state index in [1.165, 1.54) is 0 Å². The maximum atomic E-state index is 11.6. The molecule has 15 heavy (non-hydrogen) atoms. The smallest absolute Gasteiger partial charge is 0.234 e. The van der Waals surface area contributed by atoms with E-state index in [9.17, 15) is 4.79 Å². The van der Waals surface area contributed by atoms with E-state index in [1.54, 1.807) is 0 Å². The van der Waals surface area contributed by atoms with E-state index < -0.39 is 0 Å². The highest BCUT2D eigenvalue weighted by Crippen LogP contribution is 2.13. The molecule has 0 aromatic heterocycles. The molecule has 1 fully saturated rings. The van der Waals surface area contributed by atoms with Crippen LogP contribution in [0.2, 0.25) is 0 Å². The second kappa shape index (κ2) is 4.94. The van der Waals surface area contributed by atoms with Crippen LogP contribution in [-0.2, 0) is 4.79 Å². The Labute approximate surface area is 92.2 Å². The summed E-state index contributed by atoms with van der Waals surface area (Å²) >= 11 is 0. The van der Waals surface area contributed by atoms with Crippen LogP contribution >= 0.6 is 0 Å². The molecular weight excluding hydrogens is 190 g/mol. The normalized spacial score (nSPS) is 18.7. The van der Waals surface area contributed by atoms with Gasteiger partial charge >= 0.3 is 0 Å². The molecule has 4 nitrogen and oxygen atoms in total. The second-order valence-corrected chi connectivity index (χ2v) is 5.08. The van der Waals surface area contributed by atoms with Crippen molar-refractivity contribution in [1.29, 1.82) is 0 Å². The van der Waals surface area contributed by atoms with Crippen molar-refractivity contribution in [1.82, 2.24) is 10.2 Å². The van der Waals surface area contributed by atoms with Crippen molar-refractivity contribution in [3.63, 3.8) is 0 Å². The topological polar surface area (TPSA) is 58.4 Å². The van der Waals surface area contributed by atoms with Crippen LogP contribution < -0.4 is 11.1 Å². The molecule has 1 amide bonds. The molecule has 0 spiro atoms. The average molecular weight is 213 g/mol. The second-order valence-electron chi connectivity index (χ2n) is 5.08. The predicted molar refractivity (Wildman–Crippen MR) is 61.5 cm³/mol. The van der Waals surface area contributed by atoms with Crippen molar-refractivity contribution in [2.24, 2.45) is 11.7 Å². The number of nitrogens with two attached hydrogens (primary N) is 1. The van der Waals surface area contributed by atoms with Crippen molar-refractivity contribution in [3.05, 3.63) is 0 Å². The average Bonchev–Trinajstić information content (AvgIpc) is 2.10. The Bertz CT molecular complexity index is 222. The molecule has 0 aromatic carbocycles. The van der Waals surface area contributed by atoms with Gasteiger partial charge in [-0.05, 0) is 32.7 Å². The summed E-state index contributed by atoms with van der Waals surface area (Å²) in [6.07, 6.45) is 0.949. The molecule has 0 saturated carbocycles. The first-order valence-electron chi connectivity index (χ1n) is 5.70. The van der Waals surface area contributed by atoms with Crippen molar-refractivity contribution >= 4 is 5.91 Å². The van der Waals surface area contributed by atoms with Crippen molar-refractivity contribution < 1.29 is 4.79 Å². The number of nitrogens with one attached hydrogen (secondary N) is 1. The molecule has 0 bridgehead atoms. The van der Waals surface area contributed by atoms with Gasteiger partial charge in [0.05, 0.1) is 6.54 Å². The number of carbonyl (C=O) groups is 1. The zero-order valence-electron chi connectivity index (χ0n) is 10.0. The maximum absolute atomic E-state index is 11.6. The Hall–Kier alpha value is -0.610. The lowest BCUT2D eigenvalue weighted by molar-refractivity contribution is -0.125. The standard InChI is InChI=1S/C11H23N3O/c1-4-11(2,3)13-10(15)8-14-6-9(5-12)7-14/h9H,4-8,12H2,1-3H3,(H,13,15). The number of likely N-dealkylation sites (tertiary alicyclic amines) is 1. The summed E-state index contributed by atoms with van der Waals surface area (Å²) in [6.45, 7) is 9.35. The third kappa shape index (κ3) is 3.80. The summed E-state index contributed by atoms with van der Waals surface area (Å²) in [4.78, 5) is 13.8. The van der Waals surface area contributed by atoms with Gasteiger partial charge in [0.1, 0.15) is 0 Å². The SMILES string of the molecule is CCC(C)(C)NC(=O)CN1CC(CN)C1. The fourth-order valence-electron chi connectivity index (χ4n) is 1.66. The summed E-state index contributed by atoms with van der Waals surface area (Å²) in [6, 6.07) is 0. The fourth-order valence-corrected chi connectivity index (χ4v) is 1.66. The highest BCUT2D eigenvalue weighted by molar-refractivity contribution is 5.78. The minimum absolute atomic E-state index is 0.0881. The van der Waals surface area contributed by atoms with Crippen LogP contribution in [0.1, 0.15) is 27.2 Å². The first kappa shape index (κ1) is 12.5. The molecule has 4 heteroatoms.